The van der Waals surface area contributed by atoms with E-state index in [0.717, 1.165) is 38.5 Å². The summed E-state index contributed by atoms with van der Waals surface area (Å²) in [7, 11) is 0. The van der Waals surface area contributed by atoms with Gasteiger partial charge in [-0.1, -0.05) is 27.2 Å². The number of fused-ring (bicyclic) bond motifs is 1. The number of carboxylic acids is 1. The molecule has 0 spiro atoms. The Morgan fingerprint density at radius 3 is 2.78 bits per heavy atom. The lowest BCUT2D eigenvalue weighted by Crippen LogP contribution is -2.54. The first-order valence-electron chi connectivity index (χ1n) is 9.12. The molecule has 2 fully saturated rings. The average Bonchev–Trinajstić information content (AvgIpc) is 3.02. The maximum atomic E-state index is 11.8. The summed E-state index contributed by atoms with van der Waals surface area (Å²) in [5.41, 5.74) is 1.44. The van der Waals surface area contributed by atoms with Crippen LogP contribution in [-0.4, -0.2) is 11.1 Å². The second-order valence-electron chi connectivity index (χ2n) is 8.46. The summed E-state index contributed by atoms with van der Waals surface area (Å²) in [5, 5.41) is 9.75. The smallest absolute Gasteiger partial charge is 0.307 e. The normalized spacial score (nSPS) is 40.6. The molecule has 5 atom stereocenters. The third-order valence-corrected chi connectivity index (χ3v) is 7.45. The Labute approximate surface area is 139 Å². The van der Waals surface area contributed by atoms with E-state index in [2.05, 4.69) is 26.8 Å². The van der Waals surface area contributed by atoms with Crippen molar-refractivity contribution in [3.05, 3.63) is 24.2 Å². The minimum absolute atomic E-state index is 0.0399. The zero-order valence-electron chi connectivity index (χ0n) is 14.7. The zero-order valence-corrected chi connectivity index (χ0v) is 14.7. The van der Waals surface area contributed by atoms with Crippen LogP contribution in [0.25, 0.3) is 0 Å². The van der Waals surface area contributed by atoms with Gasteiger partial charge >= 0.3 is 5.97 Å². The molecule has 1 aromatic heterocycles. The van der Waals surface area contributed by atoms with E-state index in [1.165, 1.54) is 12.0 Å². The standard InChI is InChI=1S/C20H30O3/c1-14-7-10-20(3)16(18(21)22)5-4-6-17(20)19(14,2)11-8-15-9-12-23-13-15/h9,12-14,16-17H,4-8,10-11H2,1-3H3,(H,21,22)/t14-,16+,17-,19+,20-/m1/s1. The van der Waals surface area contributed by atoms with Gasteiger partial charge in [0.1, 0.15) is 0 Å². The largest absolute Gasteiger partial charge is 0.481 e. The van der Waals surface area contributed by atoms with Crippen molar-refractivity contribution in [1.82, 2.24) is 0 Å². The third-order valence-electron chi connectivity index (χ3n) is 7.45. The molecule has 1 heterocycles. The number of carbonyl (C=O) groups is 1. The van der Waals surface area contributed by atoms with Crippen molar-refractivity contribution < 1.29 is 14.3 Å². The summed E-state index contributed by atoms with van der Waals surface area (Å²) in [6.07, 6.45) is 11.1. The SMILES string of the molecule is C[C@@H]1CC[C@@]2(C)[C@H](CCC[C@H]2C(=O)O)[C@@]1(C)CCc1ccoc1. The van der Waals surface area contributed by atoms with Gasteiger partial charge in [0.05, 0.1) is 18.4 Å². The van der Waals surface area contributed by atoms with Gasteiger partial charge in [-0.25, -0.2) is 0 Å². The molecule has 0 amide bonds. The summed E-state index contributed by atoms with van der Waals surface area (Å²) in [6, 6.07) is 2.05. The topological polar surface area (TPSA) is 50.4 Å². The quantitative estimate of drug-likeness (QED) is 0.834. The number of carboxylic acid groups (broad SMARTS) is 1. The van der Waals surface area contributed by atoms with Gasteiger partial charge < -0.3 is 9.52 Å². The van der Waals surface area contributed by atoms with E-state index in [-0.39, 0.29) is 16.7 Å². The first-order valence-corrected chi connectivity index (χ1v) is 9.12. The number of furan rings is 1. The lowest BCUT2D eigenvalue weighted by atomic mass is 9.44. The molecule has 128 valence electrons. The Bertz CT molecular complexity index is 549. The Balaban J connectivity index is 1.86. The Morgan fingerprint density at radius 1 is 1.35 bits per heavy atom. The van der Waals surface area contributed by atoms with Crippen LogP contribution in [0.2, 0.25) is 0 Å². The molecule has 0 saturated heterocycles. The fourth-order valence-corrected chi connectivity index (χ4v) is 5.74. The summed E-state index contributed by atoms with van der Waals surface area (Å²) < 4.78 is 5.21. The molecule has 3 heteroatoms. The van der Waals surface area contributed by atoms with E-state index in [1.54, 1.807) is 6.26 Å². The second kappa shape index (κ2) is 5.99. The zero-order chi connectivity index (χ0) is 16.7. The van der Waals surface area contributed by atoms with Crippen LogP contribution in [0, 0.1) is 28.6 Å². The molecule has 2 aliphatic rings. The molecule has 2 aliphatic carbocycles. The molecule has 2 saturated carbocycles. The van der Waals surface area contributed by atoms with Crippen LogP contribution >= 0.6 is 0 Å². The molecule has 0 radical (unpaired) electrons. The number of aliphatic carboxylic acids is 1. The van der Waals surface area contributed by atoms with Crippen LogP contribution in [0.5, 0.6) is 0 Å². The van der Waals surface area contributed by atoms with Crippen LogP contribution in [0.4, 0.5) is 0 Å². The molecule has 3 nitrogen and oxygen atoms in total. The highest BCUT2D eigenvalue weighted by Crippen LogP contribution is 2.63. The van der Waals surface area contributed by atoms with E-state index in [9.17, 15) is 9.90 Å². The molecule has 0 aliphatic heterocycles. The maximum absolute atomic E-state index is 11.8. The van der Waals surface area contributed by atoms with Crippen molar-refractivity contribution in [2.45, 2.75) is 65.7 Å². The van der Waals surface area contributed by atoms with Crippen LogP contribution < -0.4 is 0 Å². The van der Waals surface area contributed by atoms with Gasteiger partial charge in [-0.2, -0.15) is 0 Å². The van der Waals surface area contributed by atoms with E-state index in [4.69, 9.17) is 4.42 Å². The summed E-state index contributed by atoms with van der Waals surface area (Å²) in [6.45, 7) is 7.06. The van der Waals surface area contributed by atoms with Gasteiger partial charge in [0.25, 0.3) is 0 Å². The Kier molecular flexibility index (Phi) is 4.33. The van der Waals surface area contributed by atoms with Crippen LogP contribution in [0.3, 0.4) is 0 Å². The fourth-order valence-electron chi connectivity index (χ4n) is 5.74. The Morgan fingerprint density at radius 2 is 2.13 bits per heavy atom. The van der Waals surface area contributed by atoms with Crippen LogP contribution in [0.1, 0.15) is 64.9 Å². The average molecular weight is 318 g/mol. The van der Waals surface area contributed by atoms with Crippen molar-refractivity contribution in [3.8, 4) is 0 Å². The second-order valence-corrected chi connectivity index (χ2v) is 8.46. The first-order chi connectivity index (χ1) is 10.9. The van der Waals surface area contributed by atoms with Gasteiger partial charge in [0.2, 0.25) is 0 Å². The van der Waals surface area contributed by atoms with Crippen molar-refractivity contribution in [1.29, 1.82) is 0 Å². The van der Waals surface area contributed by atoms with Crippen molar-refractivity contribution in [2.24, 2.45) is 28.6 Å². The first kappa shape index (κ1) is 16.6. The van der Waals surface area contributed by atoms with Crippen molar-refractivity contribution >= 4 is 5.97 Å². The molecular formula is C20H30O3. The molecular weight excluding hydrogens is 288 g/mol. The van der Waals surface area contributed by atoms with Crippen LogP contribution in [-0.2, 0) is 11.2 Å². The van der Waals surface area contributed by atoms with E-state index in [0.29, 0.717) is 11.8 Å². The monoisotopic (exact) mass is 318 g/mol. The van der Waals surface area contributed by atoms with Gasteiger partial charge in [-0.3, -0.25) is 4.79 Å². The number of aryl methyl sites for hydroxylation is 1. The van der Waals surface area contributed by atoms with E-state index in [1.807, 2.05) is 6.26 Å². The molecule has 23 heavy (non-hydrogen) atoms. The lowest BCUT2D eigenvalue weighted by Gasteiger charge is -2.60. The minimum Gasteiger partial charge on any atom is -0.481 e. The number of hydrogen-bond acceptors (Lipinski definition) is 2. The summed E-state index contributed by atoms with van der Waals surface area (Å²) >= 11 is 0. The molecule has 0 bridgehead atoms. The maximum Gasteiger partial charge on any atom is 0.307 e. The molecule has 1 N–H and O–H groups in total. The van der Waals surface area contributed by atoms with Gasteiger partial charge in [-0.05, 0) is 72.8 Å². The highest BCUT2D eigenvalue weighted by Gasteiger charge is 2.57. The van der Waals surface area contributed by atoms with Gasteiger partial charge in [-0.15, -0.1) is 0 Å². The highest BCUT2D eigenvalue weighted by molar-refractivity contribution is 5.71. The van der Waals surface area contributed by atoms with E-state index < -0.39 is 5.97 Å². The number of rotatable bonds is 4. The molecule has 1 aromatic rings. The fraction of sp³-hybridized carbons (Fsp3) is 0.750. The van der Waals surface area contributed by atoms with E-state index >= 15 is 0 Å². The molecule has 0 unspecified atom stereocenters. The van der Waals surface area contributed by atoms with Gasteiger partial charge in [0.15, 0.2) is 0 Å². The molecule has 0 aromatic carbocycles. The number of hydrogen-bond donors (Lipinski definition) is 1. The van der Waals surface area contributed by atoms with Crippen LogP contribution in [0.15, 0.2) is 23.0 Å². The third kappa shape index (κ3) is 2.72. The predicted molar refractivity (Wildman–Crippen MR) is 90.1 cm³/mol. The van der Waals surface area contributed by atoms with Gasteiger partial charge in [0, 0.05) is 0 Å². The molecule has 3 rings (SSSR count). The predicted octanol–water partition coefficient (Wildman–Crippen LogP) is 5.16. The van der Waals surface area contributed by atoms with Crippen molar-refractivity contribution in [3.63, 3.8) is 0 Å². The lowest BCUT2D eigenvalue weighted by molar-refractivity contribution is -0.164. The summed E-state index contributed by atoms with van der Waals surface area (Å²) in [5.74, 6) is 0.423. The minimum atomic E-state index is -0.580. The Hall–Kier alpha value is -1.25. The van der Waals surface area contributed by atoms with Crippen molar-refractivity contribution in [2.75, 3.05) is 0 Å². The summed E-state index contributed by atoms with van der Waals surface area (Å²) in [4.78, 5) is 11.8. The highest BCUT2D eigenvalue weighted by atomic mass is 16.4.